The molecule has 0 atom stereocenters. The Balaban J connectivity index is 1.66. The summed E-state index contributed by atoms with van der Waals surface area (Å²) in [4.78, 5) is 27.2. The maximum atomic E-state index is 12.2. The van der Waals surface area contributed by atoms with Crippen LogP contribution >= 0.6 is 11.3 Å². The number of amides is 1. The summed E-state index contributed by atoms with van der Waals surface area (Å²) in [6, 6.07) is 11.4. The minimum Gasteiger partial charge on any atom is -0.496 e. The van der Waals surface area contributed by atoms with Gasteiger partial charge in [0.1, 0.15) is 5.75 Å². The molecule has 0 spiro atoms. The minimum atomic E-state index is -0.588. The van der Waals surface area contributed by atoms with E-state index in [9.17, 15) is 14.9 Å². The Hall–Kier alpha value is -3.46. The molecule has 2 aromatic carbocycles. The first-order valence-electron chi connectivity index (χ1n) is 8.24. The maximum Gasteiger partial charge on any atom is 0.314 e. The predicted octanol–water partition coefficient (Wildman–Crippen LogP) is 4.05. The number of rotatable bonds is 7. The molecular weight excluding hydrogens is 382 g/mol. The van der Waals surface area contributed by atoms with Crippen molar-refractivity contribution in [3.8, 4) is 22.8 Å². The smallest absolute Gasteiger partial charge is 0.314 e. The highest BCUT2D eigenvalue weighted by Crippen LogP contribution is 2.31. The number of hydrogen-bond donors (Lipinski definition) is 1. The second-order valence-corrected chi connectivity index (χ2v) is 6.82. The minimum absolute atomic E-state index is 0.00681. The van der Waals surface area contributed by atoms with E-state index in [4.69, 9.17) is 9.47 Å². The van der Waals surface area contributed by atoms with E-state index in [2.05, 4.69) is 10.3 Å². The summed E-state index contributed by atoms with van der Waals surface area (Å²) in [6.45, 7) is 1.56. The van der Waals surface area contributed by atoms with Gasteiger partial charge in [0.2, 0.25) is 0 Å². The number of aryl methyl sites for hydroxylation is 1. The number of nitro benzene ring substituents is 1. The quantitative estimate of drug-likeness (QED) is 0.475. The first-order valence-corrected chi connectivity index (χ1v) is 9.12. The molecule has 9 heteroatoms. The van der Waals surface area contributed by atoms with Crippen LogP contribution in [0.3, 0.4) is 0 Å². The monoisotopic (exact) mass is 399 g/mol. The van der Waals surface area contributed by atoms with Gasteiger partial charge in [0.05, 0.1) is 28.8 Å². The van der Waals surface area contributed by atoms with E-state index >= 15 is 0 Å². The van der Waals surface area contributed by atoms with E-state index in [0.717, 1.165) is 16.3 Å². The number of aromatic nitrogens is 1. The topological polar surface area (TPSA) is 104 Å². The number of nitrogens with one attached hydrogen (secondary N) is 1. The zero-order chi connectivity index (χ0) is 20.1. The van der Waals surface area contributed by atoms with Crippen molar-refractivity contribution in [2.45, 2.75) is 6.92 Å². The fourth-order valence-corrected chi connectivity index (χ4v) is 3.10. The van der Waals surface area contributed by atoms with Gasteiger partial charge in [0, 0.05) is 16.6 Å². The largest absolute Gasteiger partial charge is 0.496 e. The zero-order valence-corrected chi connectivity index (χ0v) is 16.0. The summed E-state index contributed by atoms with van der Waals surface area (Å²) in [5, 5.41) is 16.8. The number of nitrogens with zero attached hydrogens (tertiary/aromatic N) is 2. The molecular formula is C19H17N3O5S. The van der Waals surface area contributed by atoms with Crippen molar-refractivity contribution in [1.29, 1.82) is 0 Å². The van der Waals surface area contributed by atoms with Crippen molar-refractivity contribution < 1.29 is 19.2 Å². The molecule has 1 heterocycles. The third kappa shape index (κ3) is 4.63. The fourth-order valence-electron chi connectivity index (χ4n) is 2.48. The van der Waals surface area contributed by atoms with E-state index in [1.165, 1.54) is 25.3 Å². The summed E-state index contributed by atoms with van der Waals surface area (Å²) < 4.78 is 10.3. The van der Waals surface area contributed by atoms with Crippen LogP contribution in [-0.2, 0) is 4.79 Å². The lowest BCUT2D eigenvalue weighted by Gasteiger charge is -2.09. The molecule has 0 fully saturated rings. The standard InChI is InChI=1S/C19H17N3O5S/c1-12-20-16(11-28-12)13-4-3-5-14(8-13)21-19(23)10-27-18-7-6-15(26-2)9-17(18)22(24)25/h3-9,11H,10H2,1-2H3,(H,21,23). The molecule has 0 aliphatic rings. The summed E-state index contributed by atoms with van der Waals surface area (Å²) >= 11 is 1.55. The van der Waals surface area contributed by atoms with Crippen LogP contribution in [0.25, 0.3) is 11.3 Å². The number of hydrogen-bond acceptors (Lipinski definition) is 7. The fraction of sp³-hybridized carbons (Fsp3) is 0.158. The number of anilines is 1. The van der Waals surface area contributed by atoms with Crippen molar-refractivity contribution in [2.24, 2.45) is 0 Å². The van der Waals surface area contributed by atoms with Crippen LogP contribution in [-0.4, -0.2) is 29.5 Å². The van der Waals surface area contributed by atoms with Crippen LogP contribution in [0.15, 0.2) is 47.8 Å². The van der Waals surface area contributed by atoms with Crippen LogP contribution in [0, 0.1) is 17.0 Å². The number of thiazole rings is 1. The van der Waals surface area contributed by atoms with E-state index < -0.39 is 10.8 Å². The van der Waals surface area contributed by atoms with Crippen molar-refractivity contribution in [1.82, 2.24) is 4.98 Å². The third-order valence-electron chi connectivity index (χ3n) is 3.78. The van der Waals surface area contributed by atoms with E-state index in [1.54, 1.807) is 17.4 Å². The maximum absolute atomic E-state index is 12.2. The van der Waals surface area contributed by atoms with Crippen LogP contribution < -0.4 is 14.8 Å². The number of benzene rings is 2. The van der Waals surface area contributed by atoms with Crippen molar-refractivity contribution >= 4 is 28.6 Å². The lowest BCUT2D eigenvalue weighted by Crippen LogP contribution is -2.20. The third-order valence-corrected chi connectivity index (χ3v) is 4.56. The molecule has 1 aromatic heterocycles. The molecule has 0 saturated carbocycles. The van der Waals surface area contributed by atoms with Crippen LogP contribution in [0.5, 0.6) is 11.5 Å². The highest BCUT2D eigenvalue weighted by atomic mass is 32.1. The average molecular weight is 399 g/mol. The summed E-state index contributed by atoms with van der Waals surface area (Å²) in [6.07, 6.45) is 0. The molecule has 0 aliphatic carbocycles. The molecule has 0 bridgehead atoms. The number of carbonyl (C=O) groups is 1. The second-order valence-electron chi connectivity index (χ2n) is 5.76. The predicted molar refractivity (Wildman–Crippen MR) is 106 cm³/mol. The highest BCUT2D eigenvalue weighted by molar-refractivity contribution is 7.09. The van der Waals surface area contributed by atoms with E-state index in [0.29, 0.717) is 11.4 Å². The van der Waals surface area contributed by atoms with Gasteiger partial charge in [-0.25, -0.2) is 4.98 Å². The van der Waals surface area contributed by atoms with Gasteiger partial charge in [0.25, 0.3) is 5.91 Å². The van der Waals surface area contributed by atoms with Gasteiger partial charge < -0.3 is 14.8 Å². The Morgan fingerprint density at radius 3 is 2.79 bits per heavy atom. The molecule has 3 aromatic rings. The molecule has 0 aliphatic heterocycles. The molecule has 1 N–H and O–H groups in total. The molecule has 8 nitrogen and oxygen atoms in total. The first kappa shape index (κ1) is 19.3. The van der Waals surface area contributed by atoms with E-state index in [-0.39, 0.29) is 18.0 Å². The van der Waals surface area contributed by atoms with Gasteiger partial charge in [-0.15, -0.1) is 11.3 Å². The number of methoxy groups -OCH3 is 1. The zero-order valence-electron chi connectivity index (χ0n) is 15.2. The molecule has 28 heavy (non-hydrogen) atoms. The van der Waals surface area contributed by atoms with Crippen LogP contribution in [0.4, 0.5) is 11.4 Å². The Labute approximate surface area is 164 Å². The number of ether oxygens (including phenoxy) is 2. The number of nitro groups is 1. The summed E-state index contributed by atoms with van der Waals surface area (Å²) in [5.74, 6) is -0.109. The Morgan fingerprint density at radius 2 is 2.11 bits per heavy atom. The highest BCUT2D eigenvalue weighted by Gasteiger charge is 2.17. The van der Waals surface area contributed by atoms with Gasteiger partial charge in [0.15, 0.2) is 12.4 Å². The first-order chi connectivity index (χ1) is 13.5. The molecule has 0 saturated heterocycles. The second kappa shape index (κ2) is 8.49. The van der Waals surface area contributed by atoms with Gasteiger partial charge in [-0.2, -0.15) is 0 Å². The Bertz CT molecular complexity index is 1020. The van der Waals surface area contributed by atoms with Crippen LogP contribution in [0.2, 0.25) is 0 Å². The lowest BCUT2D eigenvalue weighted by atomic mass is 10.1. The molecule has 144 valence electrons. The van der Waals surface area contributed by atoms with Gasteiger partial charge >= 0.3 is 5.69 Å². The normalized spacial score (nSPS) is 10.4. The summed E-state index contributed by atoms with van der Waals surface area (Å²) in [5.41, 5.74) is 2.03. The molecule has 1 amide bonds. The molecule has 3 rings (SSSR count). The van der Waals surface area contributed by atoms with Crippen molar-refractivity contribution in [3.05, 3.63) is 63.0 Å². The molecule has 0 unspecified atom stereocenters. The number of carbonyl (C=O) groups excluding carboxylic acids is 1. The van der Waals surface area contributed by atoms with E-state index in [1.807, 2.05) is 30.5 Å². The van der Waals surface area contributed by atoms with Crippen LogP contribution in [0.1, 0.15) is 5.01 Å². The Morgan fingerprint density at radius 1 is 1.29 bits per heavy atom. The Kier molecular flexibility index (Phi) is 5.85. The molecule has 0 radical (unpaired) electrons. The lowest BCUT2D eigenvalue weighted by molar-refractivity contribution is -0.385. The van der Waals surface area contributed by atoms with Gasteiger partial charge in [-0.3, -0.25) is 14.9 Å². The van der Waals surface area contributed by atoms with Crippen molar-refractivity contribution in [3.63, 3.8) is 0 Å². The SMILES string of the molecule is COc1ccc(OCC(=O)Nc2cccc(-c3csc(C)n3)c2)c([N+](=O)[O-])c1. The van der Waals surface area contributed by atoms with Crippen molar-refractivity contribution in [2.75, 3.05) is 19.0 Å². The average Bonchev–Trinajstić information content (AvgIpc) is 3.13. The summed E-state index contributed by atoms with van der Waals surface area (Å²) in [7, 11) is 1.41. The van der Waals surface area contributed by atoms with Gasteiger partial charge in [-0.1, -0.05) is 12.1 Å². The van der Waals surface area contributed by atoms with Gasteiger partial charge in [-0.05, 0) is 31.2 Å².